The minimum Gasteiger partial charge on any atom is -0.360 e. The summed E-state index contributed by atoms with van der Waals surface area (Å²) in [5, 5.41) is 6.00. The van der Waals surface area contributed by atoms with Crippen molar-refractivity contribution in [1.82, 2.24) is 14.3 Å². The lowest BCUT2D eigenvalue weighted by Gasteiger charge is -2.16. The summed E-state index contributed by atoms with van der Waals surface area (Å²) in [5.74, 6) is -0.452. The summed E-state index contributed by atoms with van der Waals surface area (Å²) < 4.78 is 26.1. The molecule has 4 aromatic rings. The molecule has 0 unspecified atom stereocenters. The molecule has 2 heterocycles. The Morgan fingerprint density at radius 2 is 1.86 bits per heavy atom. The minimum absolute atomic E-state index is 0.145. The molecule has 2 aromatic carbocycles. The van der Waals surface area contributed by atoms with E-state index in [1.54, 1.807) is 18.2 Å². The molecule has 0 spiro atoms. The van der Waals surface area contributed by atoms with E-state index in [4.69, 9.17) is 0 Å². The Bertz CT molecular complexity index is 1260. The van der Waals surface area contributed by atoms with Gasteiger partial charge in [0, 0.05) is 35.1 Å². The Hall–Kier alpha value is -3.01. The monoisotopic (exact) mass is 426 g/mol. The van der Waals surface area contributed by atoms with E-state index in [2.05, 4.69) is 15.3 Å². The van der Waals surface area contributed by atoms with Crippen LogP contribution >= 0.6 is 11.3 Å². The fraction of sp³-hybridized carbons (Fsp3) is 0.100. The van der Waals surface area contributed by atoms with Crippen LogP contribution in [0.4, 0.5) is 5.13 Å². The maximum Gasteiger partial charge on any atom is 0.243 e. The van der Waals surface area contributed by atoms with Gasteiger partial charge < -0.3 is 10.3 Å². The zero-order chi connectivity index (χ0) is 20.4. The third-order valence-corrected chi connectivity index (χ3v) is 7.01. The largest absolute Gasteiger partial charge is 0.360 e. The van der Waals surface area contributed by atoms with Crippen molar-refractivity contribution in [2.75, 3.05) is 18.9 Å². The van der Waals surface area contributed by atoms with Crippen LogP contribution in [-0.4, -0.2) is 42.2 Å². The first kappa shape index (κ1) is 19.3. The number of carbonyl (C=O) groups is 1. The van der Waals surface area contributed by atoms with Gasteiger partial charge in [-0.25, -0.2) is 13.4 Å². The number of para-hydroxylation sites is 1. The molecule has 0 saturated heterocycles. The molecular weight excluding hydrogens is 408 g/mol. The van der Waals surface area contributed by atoms with Crippen molar-refractivity contribution in [2.45, 2.75) is 4.90 Å². The van der Waals surface area contributed by atoms with Crippen LogP contribution in [-0.2, 0) is 14.8 Å². The van der Waals surface area contributed by atoms with E-state index < -0.39 is 15.9 Å². The molecule has 7 nitrogen and oxygen atoms in total. The summed E-state index contributed by atoms with van der Waals surface area (Å²) in [5.41, 5.74) is 2.70. The number of rotatable bonds is 6. The highest BCUT2D eigenvalue weighted by molar-refractivity contribution is 7.89. The number of benzene rings is 2. The van der Waals surface area contributed by atoms with Crippen LogP contribution in [0.25, 0.3) is 22.2 Å². The number of nitrogens with zero attached hydrogens (tertiary/aromatic N) is 2. The zero-order valence-electron chi connectivity index (χ0n) is 15.5. The molecule has 0 radical (unpaired) electrons. The fourth-order valence-corrected chi connectivity index (χ4v) is 4.83. The summed E-state index contributed by atoms with van der Waals surface area (Å²) >= 11 is 1.29. The lowest BCUT2D eigenvalue weighted by molar-refractivity contribution is -0.116. The van der Waals surface area contributed by atoms with E-state index in [1.807, 2.05) is 35.8 Å². The average Bonchev–Trinajstić information content (AvgIpc) is 3.35. The minimum atomic E-state index is -3.73. The zero-order valence-corrected chi connectivity index (χ0v) is 17.1. The quantitative estimate of drug-likeness (QED) is 0.493. The summed E-state index contributed by atoms with van der Waals surface area (Å²) in [6, 6.07) is 15.9. The second-order valence-corrected chi connectivity index (χ2v) is 9.31. The van der Waals surface area contributed by atoms with E-state index in [0.717, 1.165) is 26.5 Å². The van der Waals surface area contributed by atoms with Crippen molar-refractivity contribution in [3.05, 3.63) is 66.2 Å². The van der Waals surface area contributed by atoms with Gasteiger partial charge in [-0.05, 0) is 18.2 Å². The predicted molar refractivity (Wildman–Crippen MR) is 114 cm³/mol. The summed E-state index contributed by atoms with van der Waals surface area (Å²) in [6.07, 6.45) is 1.88. The third-order valence-electron chi connectivity index (χ3n) is 4.43. The molecule has 1 amide bonds. The first-order chi connectivity index (χ1) is 13.9. The van der Waals surface area contributed by atoms with Gasteiger partial charge in [-0.2, -0.15) is 4.31 Å². The number of H-pyrrole nitrogens is 1. The van der Waals surface area contributed by atoms with Crippen LogP contribution in [0.2, 0.25) is 0 Å². The number of carbonyl (C=O) groups excluding carboxylic acids is 1. The van der Waals surface area contributed by atoms with Crippen molar-refractivity contribution in [1.29, 1.82) is 0 Å². The Labute approximate surface area is 172 Å². The first-order valence-corrected chi connectivity index (χ1v) is 11.1. The van der Waals surface area contributed by atoms with Gasteiger partial charge in [-0.15, -0.1) is 11.3 Å². The van der Waals surface area contributed by atoms with E-state index in [9.17, 15) is 13.2 Å². The average molecular weight is 427 g/mol. The van der Waals surface area contributed by atoms with Crippen molar-refractivity contribution in [2.24, 2.45) is 0 Å². The fourth-order valence-electron chi connectivity index (χ4n) is 2.96. The molecule has 2 N–H and O–H groups in total. The van der Waals surface area contributed by atoms with Crippen molar-refractivity contribution >= 4 is 43.3 Å². The number of anilines is 1. The van der Waals surface area contributed by atoms with Crippen LogP contribution < -0.4 is 5.32 Å². The highest BCUT2D eigenvalue weighted by Gasteiger charge is 2.23. The van der Waals surface area contributed by atoms with Crippen LogP contribution in [0, 0.1) is 0 Å². The SMILES string of the molecule is CN(CC(=O)Nc1nc(-c2c[nH]c3ccccc23)cs1)S(=O)(=O)c1ccccc1. The van der Waals surface area contributed by atoms with E-state index in [1.165, 1.54) is 30.5 Å². The maximum atomic E-state index is 12.5. The van der Waals surface area contributed by atoms with Gasteiger partial charge in [0.1, 0.15) is 0 Å². The van der Waals surface area contributed by atoms with Crippen LogP contribution in [0.5, 0.6) is 0 Å². The third kappa shape index (κ3) is 3.93. The second-order valence-electron chi connectivity index (χ2n) is 6.41. The molecule has 0 bridgehead atoms. The lowest BCUT2D eigenvalue weighted by atomic mass is 10.1. The van der Waals surface area contributed by atoms with Crippen molar-refractivity contribution in [3.8, 4) is 11.3 Å². The molecule has 0 saturated carbocycles. The van der Waals surface area contributed by atoms with Gasteiger partial charge in [0.15, 0.2) is 5.13 Å². The molecule has 4 rings (SSSR count). The number of nitrogens with one attached hydrogen (secondary N) is 2. The number of likely N-dealkylation sites (N-methyl/N-ethyl adjacent to an activating group) is 1. The first-order valence-electron chi connectivity index (χ1n) is 8.78. The van der Waals surface area contributed by atoms with Gasteiger partial charge in [-0.1, -0.05) is 36.4 Å². The highest BCUT2D eigenvalue weighted by atomic mass is 32.2. The van der Waals surface area contributed by atoms with Gasteiger partial charge in [0.05, 0.1) is 17.1 Å². The number of fused-ring (bicyclic) bond motifs is 1. The Morgan fingerprint density at radius 3 is 2.66 bits per heavy atom. The predicted octanol–water partition coefficient (Wildman–Crippen LogP) is 3.55. The number of aromatic nitrogens is 2. The Morgan fingerprint density at radius 1 is 1.14 bits per heavy atom. The summed E-state index contributed by atoms with van der Waals surface area (Å²) in [7, 11) is -2.35. The second kappa shape index (κ2) is 7.78. The van der Waals surface area contributed by atoms with Crippen molar-refractivity contribution in [3.63, 3.8) is 0 Å². The Kier molecular flexibility index (Phi) is 5.18. The van der Waals surface area contributed by atoms with Crippen LogP contribution in [0.1, 0.15) is 0 Å². The van der Waals surface area contributed by atoms with Gasteiger partial charge in [-0.3, -0.25) is 4.79 Å². The molecule has 2 aromatic heterocycles. The van der Waals surface area contributed by atoms with E-state index in [0.29, 0.717) is 5.13 Å². The summed E-state index contributed by atoms with van der Waals surface area (Å²) in [6.45, 7) is -0.306. The van der Waals surface area contributed by atoms with Crippen LogP contribution in [0.3, 0.4) is 0 Å². The number of thiazole rings is 1. The molecule has 0 aliphatic rings. The molecular formula is C20H18N4O3S2. The number of sulfonamides is 1. The smallest absolute Gasteiger partial charge is 0.243 e. The van der Waals surface area contributed by atoms with Gasteiger partial charge in [0.2, 0.25) is 15.9 Å². The molecule has 148 valence electrons. The molecule has 0 aliphatic carbocycles. The summed E-state index contributed by atoms with van der Waals surface area (Å²) in [4.78, 5) is 20.2. The van der Waals surface area contributed by atoms with Gasteiger partial charge >= 0.3 is 0 Å². The number of hydrogen-bond donors (Lipinski definition) is 2. The maximum absolute atomic E-state index is 12.5. The molecule has 0 atom stereocenters. The number of aromatic amines is 1. The molecule has 29 heavy (non-hydrogen) atoms. The standard InChI is InChI=1S/C20H18N4O3S2/c1-24(29(26,27)14-7-3-2-4-8-14)12-19(25)23-20-22-18(13-28-20)16-11-21-17-10-6-5-9-15(16)17/h2-11,13,21H,12H2,1H3,(H,22,23,25). The number of amides is 1. The highest BCUT2D eigenvalue weighted by Crippen LogP contribution is 2.30. The molecule has 9 heteroatoms. The molecule has 0 aliphatic heterocycles. The number of hydrogen-bond acceptors (Lipinski definition) is 5. The topological polar surface area (TPSA) is 95.2 Å². The lowest BCUT2D eigenvalue weighted by Crippen LogP contribution is -2.34. The van der Waals surface area contributed by atoms with E-state index >= 15 is 0 Å². The van der Waals surface area contributed by atoms with Crippen molar-refractivity contribution < 1.29 is 13.2 Å². The van der Waals surface area contributed by atoms with Gasteiger partial charge in [0.25, 0.3) is 0 Å². The van der Waals surface area contributed by atoms with E-state index in [-0.39, 0.29) is 11.4 Å². The van der Waals surface area contributed by atoms with Crippen LogP contribution in [0.15, 0.2) is 71.1 Å². The normalized spacial score (nSPS) is 11.8. The Balaban J connectivity index is 1.46. The molecule has 0 fully saturated rings.